The lowest BCUT2D eigenvalue weighted by molar-refractivity contribution is 0.309. The molecule has 21 heavy (non-hydrogen) atoms. The highest BCUT2D eigenvalue weighted by atomic mass is 32.2. The lowest BCUT2D eigenvalue weighted by Crippen LogP contribution is -2.25. The van der Waals surface area contributed by atoms with Gasteiger partial charge in [-0.1, -0.05) is 36.4 Å². The third-order valence-corrected chi connectivity index (χ3v) is 5.23. The van der Waals surface area contributed by atoms with Crippen molar-refractivity contribution < 1.29 is 0 Å². The van der Waals surface area contributed by atoms with Gasteiger partial charge in [-0.15, -0.1) is 0 Å². The van der Waals surface area contributed by atoms with Crippen LogP contribution in [0, 0.1) is 0 Å². The molecule has 0 saturated heterocycles. The van der Waals surface area contributed by atoms with Gasteiger partial charge in [-0.3, -0.25) is 9.98 Å². The van der Waals surface area contributed by atoms with E-state index in [1.807, 2.05) is 6.07 Å². The van der Waals surface area contributed by atoms with Crippen LogP contribution in [0.3, 0.4) is 0 Å². The van der Waals surface area contributed by atoms with Crippen molar-refractivity contribution >= 4 is 11.8 Å². The van der Waals surface area contributed by atoms with Crippen LogP contribution in [0.5, 0.6) is 0 Å². The number of fused-ring (bicyclic) bond motifs is 1. The third-order valence-electron chi connectivity index (χ3n) is 4.24. The van der Waals surface area contributed by atoms with Crippen LogP contribution < -0.4 is 10.7 Å². The van der Waals surface area contributed by atoms with E-state index in [4.69, 9.17) is 9.98 Å². The van der Waals surface area contributed by atoms with Gasteiger partial charge in [0, 0.05) is 9.79 Å². The smallest absolute Gasteiger partial charge is 0.151 e. The van der Waals surface area contributed by atoms with Gasteiger partial charge in [0.1, 0.15) is 0 Å². The number of nitrogens with zero attached hydrogens (tertiary/aromatic N) is 2. The Bertz CT molecular complexity index is 762. The summed E-state index contributed by atoms with van der Waals surface area (Å²) in [7, 11) is 0. The molecule has 0 unspecified atom stereocenters. The highest BCUT2D eigenvalue weighted by molar-refractivity contribution is 7.99. The molecule has 3 heteroatoms. The molecule has 0 atom stereocenters. The van der Waals surface area contributed by atoms with E-state index in [1.54, 1.807) is 11.8 Å². The van der Waals surface area contributed by atoms with Gasteiger partial charge < -0.3 is 0 Å². The van der Waals surface area contributed by atoms with E-state index in [0.29, 0.717) is 0 Å². The minimum absolute atomic E-state index is 0.128. The number of hydrogen-bond acceptors (Lipinski definition) is 3. The molecule has 1 aliphatic heterocycles. The van der Waals surface area contributed by atoms with Crippen LogP contribution >= 0.6 is 11.8 Å². The first-order valence-electron chi connectivity index (χ1n) is 7.66. The van der Waals surface area contributed by atoms with Crippen LogP contribution in [0.1, 0.15) is 32.1 Å². The third kappa shape index (κ3) is 2.62. The van der Waals surface area contributed by atoms with Crippen LogP contribution in [0.25, 0.3) is 0 Å². The van der Waals surface area contributed by atoms with Gasteiger partial charge in [-0.05, 0) is 56.0 Å². The van der Waals surface area contributed by atoms with Crippen molar-refractivity contribution in [2.24, 2.45) is 9.98 Å². The Balaban J connectivity index is 1.67. The largest absolute Gasteiger partial charge is 0.253 e. The van der Waals surface area contributed by atoms with Gasteiger partial charge in [0.15, 0.2) is 5.66 Å². The molecule has 2 nitrogen and oxygen atoms in total. The fourth-order valence-corrected chi connectivity index (χ4v) is 4.06. The summed E-state index contributed by atoms with van der Waals surface area (Å²) in [6.45, 7) is 0. The maximum absolute atomic E-state index is 4.96. The molecular formula is C18H18N2S. The van der Waals surface area contributed by atoms with Gasteiger partial charge in [0.2, 0.25) is 0 Å². The molecule has 2 aliphatic rings. The summed E-state index contributed by atoms with van der Waals surface area (Å²) in [6.07, 6.45) is 6.07. The zero-order valence-electron chi connectivity index (χ0n) is 12.0. The van der Waals surface area contributed by atoms with Gasteiger partial charge in [-0.2, -0.15) is 0 Å². The normalized spacial score (nSPS) is 18.9. The van der Waals surface area contributed by atoms with Gasteiger partial charge >= 0.3 is 0 Å². The highest BCUT2D eigenvalue weighted by Crippen LogP contribution is 2.33. The Hall–Kier alpha value is -1.61. The van der Waals surface area contributed by atoms with E-state index >= 15 is 0 Å². The molecule has 2 aromatic rings. The average molecular weight is 294 g/mol. The molecule has 1 heterocycles. The predicted octanol–water partition coefficient (Wildman–Crippen LogP) is 3.75. The first-order valence-corrected chi connectivity index (χ1v) is 8.47. The van der Waals surface area contributed by atoms with E-state index in [-0.39, 0.29) is 5.66 Å². The second-order valence-electron chi connectivity index (χ2n) is 5.83. The highest BCUT2D eigenvalue weighted by Gasteiger charge is 2.32. The summed E-state index contributed by atoms with van der Waals surface area (Å²) in [5.74, 6) is 0. The van der Waals surface area contributed by atoms with Crippen LogP contribution in [0.4, 0.5) is 0 Å². The fourth-order valence-electron chi connectivity index (χ4n) is 3.19. The number of rotatable bonds is 2. The SMILES string of the molecule is c1ccc(Sc2ccc3c(c2)=NC2(CCCCC2)N=3)cc1. The first-order chi connectivity index (χ1) is 10.3. The number of hydrogen-bond donors (Lipinski definition) is 0. The molecule has 4 rings (SSSR count). The summed E-state index contributed by atoms with van der Waals surface area (Å²) < 4.78 is 0. The minimum atomic E-state index is -0.128. The lowest BCUT2D eigenvalue weighted by Gasteiger charge is -2.27. The molecule has 1 saturated carbocycles. The Kier molecular flexibility index (Phi) is 3.30. The van der Waals surface area contributed by atoms with E-state index in [9.17, 15) is 0 Å². The molecule has 0 aromatic heterocycles. The summed E-state index contributed by atoms with van der Waals surface area (Å²) in [5.41, 5.74) is -0.128. The molecule has 1 fully saturated rings. The Morgan fingerprint density at radius 2 is 1.52 bits per heavy atom. The van der Waals surface area contributed by atoms with E-state index in [0.717, 1.165) is 23.6 Å². The van der Waals surface area contributed by atoms with Crippen molar-refractivity contribution in [2.75, 3.05) is 0 Å². The monoisotopic (exact) mass is 294 g/mol. The minimum Gasteiger partial charge on any atom is -0.253 e. The molecule has 0 radical (unpaired) electrons. The molecule has 106 valence electrons. The van der Waals surface area contributed by atoms with E-state index in [2.05, 4.69) is 42.5 Å². The van der Waals surface area contributed by atoms with Crippen LogP contribution in [-0.4, -0.2) is 5.66 Å². The Morgan fingerprint density at radius 3 is 2.33 bits per heavy atom. The van der Waals surface area contributed by atoms with Crippen LogP contribution in [0.2, 0.25) is 0 Å². The predicted molar refractivity (Wildman–Crippen MR) is 85.1 cm³/mol. The zero-order valence-corrected chi connectivity index (χ0v) is 12.8. The van der Waals surface area contributed by atoms with E-state index in [1.165, 1.54) is 29.1 Å². The average Bonchev–Trinajstić information content (AvgIpc) is 2.85. The molecule has 1 spiro atoms. The molecule has 0 amide bonds. The quantitative estimate of drug-likeness (QED) is 0.828. The molecule has 0 N–H and O–H groups in total. The van der Waals surface area contributed by atoms with Gasteiger partial charge in [0.25, 0.3) is 0 Å². The maximum Gasteiger partial charge on any atom is 0.151 e. The zero-order chi connectivity index (χ0) is 14.1. The maximum atomic E-state index is 4.96. The topological polar surface area (TPSA) is 24.7 Å². The molecule has 1 aliphatic carbocycles. The van der Waals surface area contributed by atoms with Gasteiger partial charge in [-0.25, -0.2) is 0 Å². The number of benzene rings is 2. The molecule has 2 aromatic carbocycles. The molecular weight excluding hydrogens is 276 g/mol. The summed E-state index contributed by atoms with van der Waals surface area (Å²) in [4.78, 5) is 12.4. The second-order valence-corrected chi connectivity index (χ2v) is 6.98. The first kappa shape index (κ1) is 13.1. The summed E-state index contributed by atoms with van der Waals surface area (Å²) in [6, 6.07) is 17.0. The van der Waals surface area contributed by atoms with Crippen molar-refractivity contribution in [3.63, 3.8) is 0 Å². The van der Waals surface area contributed by atoms with Gasteiger partial charge in [0.05, 0.1) is 10.7 Å². The lowest BCUT2D eigenvalue weighted by atomic mass is 9.90. The second kappa shape index (κ2) is 5.30. The van der Waals surface area contributed by atoms with Crippen LogP contribution in [-0.2, 0) is 0 Å². The van der Waals surface area contributed by atoms with Crippen molar-refractivity contribution in [3.8, 4) is 0 Å². The van der Waals surface area contributed by atoms with Crippen molar-refractivity contribution in [3.05, 3.63) is 59.2 Å². The standard InChI is InChI=1S/C18H18N2S/c1-3-7-14(8-4-1)21-15-9-10-16-17(13-15)20-18(19-16)11-5-2-6-12-18/h1,3-4,7-10,13H,2,5-6,11-12H2. The van der Waals surface area contributed by atoms with Crippen molar-refractivity contribution in [1.82, 2.24) is 0 Å². The Morgan fingerprint density at radius 1 is 0.762 bits per heavy atom. The fraction of sp³-hybridized carbons (Fsp3) is 0.333. The summed E-state index contributed by atoms with van der Waals surface area (Å²) >= 11 is 1.79. The van der Waals surface area contributed by atoms with Crippen molar-refractivity contribution in [1.29, 1.82) is 0 Å². The molecule has 0 bridgehead atoms. The summed E-state index contributed by atoms with van der Waals surface area (Å²) in [5, 5.41) is 2.16. The Labute approximate surface area is 129 Å². The van der Waals surface area contributed by atoms with Crippen LogP contribution in [0.15, 0.2) is 68.3 Å². The van der Waals surface area contributed by atoms with Crippen molar-refractivity contribution in [2.45, 2.75) is 47.6 Å². The van der Waals surface area contributed by atoms with E-state index < -0.39 is 0 Å².